The van der Waals surface area contributed by atoms with Crippen LogP contribution < -0.4 is 9.64 Å². The van der Waals surface area contributed by atoms with E-state index in [1.165, 1.54) is 11.9 Å². The number of rotatable bonds is 4. The van der Waals surface area contributed by atoms with Crippen LogP contribution in [0.2, 0.25) is 0 Å². The highest BCUT2D eigenvalue weighted by atomic mass is 19.4. The number of nitrogens with zero attached hydrogens (tertiary/aromatic N) is 2. The van der Waals surface area contributed by atoms with Crippen LogP contribution in [-0.4, -0.2) is 50.5 Å². The lowest BCUT2D eigenvalue weighted by Gasteiger charge is -2.31. The zero-order valence-electron chi connectivity index (χ0n) is 13.1. The molecule has 0 saturated heterocycles. The molecule has 1 aromatic carbocycles. The van der Waals surface area contributed by atoms with Gasteiger partial charge in [0.25, 0.3) is 6.02 Å². The van der Waals surface area contributed by atoms with E-state index in [0.29, 0.717) is 25.3 Å². The maximum absolute atomic E-state index is 13.9. The maximum Gasteiger partial charge on any atom is 0.455 e. The van der Waals surface area contributed by atoms with Crippen molar-refractivity contribution in [3.63, 3.8) is 0 Å². The van der Waals surface area contributed by atoms with Crippen LogP contribution in [0.25, 0.3) is 0 Å². The van der Waals surface area contributed by atoms with Crippen molar-refractivity contribution in [3.8, 4) is 5.75 Å². The van der Waals surface area contributed by atoms with Gasteiger partial charge in [0, 0.05) is 12.6 Å². The Morgan fingerprint density at radius 1 is 1.20 bits per heavy atom. The molecule has 1 N–H and O–H groups in total. The van der Waals surface area contributed by atoms with Crippen molar-refractivity contribution in [1.82, 2.24) is 0 Å². The lowest BCUT2D eigenvalue weighted by Crippen LogP contribution is -2.53. The third-order valence-corrected chi connectivity index (χ3v) is 3.55. The molecule has 2 rings (SSSR count). The molecule has 0 aliphatic carbocycles. The molecule has 0 spiro atoms. The minimum Gasteiger partial charge on any atom is -0.495 e. The van der Waals surface area contributed by atoms with Gasteiger partial charge in [-0.05, 0) is 12.1 Å². The molecule has 1 aliphatic heterocycles. The Hall–Kier alpha value is -2.17. The van der Waals surface area contributed by atoms with Gasteiger partial charge in [-0.1, -0.05) is 6.07 Å². The minimum absolute atomic E-state index is 0.150. The van der Waals surface area contributed by atoms with Crippen molar-refractivity contribution < 1.29 is 40.9 Å². The first-order valence-electron chi connectivity index (χ1n) is 6.88. The number of benzene rings is 1. The van der Waals surface area contributed by atoms with E-state index in [9.17, 15) is 26.3 Å². The highest BCUT2D eigenvalue weighted by Gasteiger charge is 2.71. The van der Waals surface area contributed by atoms with Gasteiger partial charge in [-0.15, -0.1) is 0 Å². The average Bonchev–Trinajstić information content (AvgIpc) is 3.06. The Labute approximate surface area is 138 Å². The van der Waals surface area contributed by atoms with Crippen LogP contribution in [0.15, 0.2) is 23.2 Å². The SMILES string of the molecule is COc1cc(C(F)(F)C(O)(F)C(F)(F)F)ccc1N(C)C1=NCCO1. The number of anilines is 1. The second-order valence-electron chi connectivity index (χ2n) is 5.15. The van der Waals surface area contributed by atoms with Crippen LogP contribution in [0.1, 0.15) is 5.56 Å². The summed E-state index contributed by atoms with van der Waals surface area (Å²) in [6.07, 6.45) is -6.19. The van der Waals surface area contributed by atoms with Crippen LogP contribution >= 0.6 is 0 Å². The number of aliphatic imine (C=N–C) groups is 1. The fraction of sp³-hybridized carbons (Fsp3) is 0.500. The zero-order valence-corrected chi connectivity index (χ0v) is 13.1. The molecule has 0 fully saturated rings. The van der Waals surface area contributed by atoms with E-state index in [2.05, 4.69) is 4.99 Å². The predicted octanol–water partition coefficient (Wildman–Crippen LogP) is 2.83. The molecule has 25 heavy (non-hydrogen) atoms. The predicted molar refractivity (Wildman–Crippen MR) is 75.7 cm³/mol. The Bertz CT molecular complexity index is 675. The topological polar surface area (TPSA) is 54.3 Å². The molecule has 1 heterocycles. The summed E-state index contributed by atoms with van der Waals surface area (Å²) in [7, 11) is 2.57. The molecule has 140 valence electrons. The summed E-state index contributed by atoms with van der Waals surface area (Å²) in [4.78, 5) is 5.33. The molecule has 1 aliphatic rings. The van der Waals surface area contributed by atoms with Gasteiger partial charge >= 0.3 is 18.0 Å². The molecule has 1 aromatic rings. The minimum atomic E-state index is -6.19. The Kier molecular flexibility index (Phi) is 4.81. The first-order valence-corrected chi connectivity index (χ1v) is 6.88. The first kappa shape index (κ1) is 19.2. The molecule has 0 saturated carbocycles. The maximum atomic E-state index is 13.9. The third kappa shape index (κ3) is 3.20. The Balaban J connectivity index is 2.45. The summed E-state index contributed by atoms with van der Waals surface area (Å²) in [6, 6.07) is 2.21. The summed E-state index contributed by atoms with van der Waals surface area (Å²) in [5, 5.41) is 8.71. The molecule has 0 amide bonds. The smallest absolute Gasteiger partial charge is 0.455 e. The monoisotopic (exact) mass is 372 g/mol. The molecule has 1 unspecified atom stereocenters. The van der Waals surface area contributed by atoms with Crippen LogP contribution in [0.5, 0.6) is 5.75 Å². The summed E-state index contributed by atoms with van der Waals surface area (Å²) >= 11 is 0. The normalized spacial score (nSPS) is 17.6. The number of amidine groups is 1. The molecule has 5 nitrogen and oxygen atoms in total. The first-order chi connectivity index (χ1) is 11.4. The van der Waals surface area contributed by atoms with Gasteiger partial charge in [-0.3, -0.25) is 4.90 Å². The second-order valence-corrected chi connectivity index (χ2v) is 5.15. The molecule has 1 atom stereocenters. The van der Waals surface area contributed by atoms with Gasteiger partial charge < -0.3 is 14.6 Å². The van der Waals surface area contributed by atoms with E-state index in [1.807, 2.05) is 0 Å². The van der Waals surface area contributed by atoms with Crippen molar-refractivity contribution in [2.24, 2.45) is 4.99 Å². The number of hydrogen-bond acceptors (Lipinski definition) is 5. The number of halogens is 6. The molecule has 11 heteroatoms. The number of aliphatic hydroxyl groups is 1. The molecular weight excluding hydrogens is 358 g/mol. The van der Waals surface area contributed by atoms with E-state index in [4.69, 9.17) is 14.6 Å². The highest BCUT2D eigenvalue weighted by molar-refractivity contribution is 5.93. The summed E-state index contributed by atoms with van der Waals surface area (Å²) in [6.45, 7) is 0.706. The number of alkyl halides is 6. The number of hydrogen-bond donors (Lipinski definition) is 1. The Morgan fingerprint density at radius 3 is 2.32 bits per heavy atom. The van der Waals surface area contributed by atoms with Gasteiger partial charge in [0.05, 0.1) is 19.3 Å². The summed E-state index contributed by atoms with van der Waals surface area (Å²) in [5.74, 6) is -11.3. The van der Waals surface area contributed by atoms with E-state index in [1.54, 1.807) is 0 Å². The molecule has 0 radical (unpaired) electrons. The second kappa shape index (κ2) is 6.28. The lowest BCUT2D eigenvalue weighted by molar-refractivity contribution is -0.390. The largest absolute Gasteiger partial charge is 0.495 e. The van der Waals surface area contributed by atoms with Crippen LogP contribution in [0.3, 0.4) is 0 Å². The van der Waals surface area contributed by atoms with E-state index >= 15 is 0 Å². The quantitative estimate of drug-likeness (QED) is 0.826. The standard InChI is InChI=1S/C14H14F6N2O3/c1-22(11-21-5-6-25-11)9-4-3-8(7-10(9)24-2)12(15,16)13(17,23)14(18,19)20/h3-4,7,23H,5-6H2,1-2H3. The van der Waals surface area contributed by atoms with Gasteiger partial charge in [0.1, 0.15) is 12.4 Å². The van der Waals surface area contributed by atoms with Gasteiger partial charge in [-0.2, -0.15) is 26.3 Å². The fourth-order valence-corrected chi connectivity index (χ4v) is 2.15. The third-order valence-electron chi connectivity index (χ3n) is 3.55. The molecule has 0 aromatic heterocycles. The molecule has 0 bridgehead atoms. The van der Waals surface area contributed by atoms with Crippen molar-refractivity contribution in [2.75, 3.05) is 32.2 Å². The van der Waals surface area contributed by atoms with Crippen LogP contribution in [0.4, 0.5) is 32.0 Å². The number of methoxy groups -OCH3 is 1. The van der Waals surface area contributed by atoms with E-state index in [0.717, 1.165) is 13.2 Å². The van der Waals surface area contributed by atoms with Gasteiger partial charge in [-0.25, -0.2) is 4.99 Å². The van der Waals surface area contributed by atoms with Crippen LogP contribution in [-0.2, 0) is 10.7 Å². The summed E-state index contributed by atoms with van der Waals surface area (Å²) < 4.78 is 88.6. The fourth-order valence-electron chi connectivity index (χ4n) is 2.15. The molecular formula is C14H14F6N2O3. The average molecular weight is 372 g/mol. The number of ether oxygens (including phenoxy) is 2. The van der Waals surface area contributed by atoms with Crippen LogP contribution in [0, 0.1) is 0 Å². The Morgan fingerprint density at radius 2 is 1.84 bits per heavy atom. The van der Waals surface area contributed by atoms with Crippen molar-refractivity contribution in [3.05, 3.63) is 23.8 Å². The van der Waals surface area contributed by atoms with E-state index in [-0.39, 0.29) is 17.5 Å². The highest BCUT2D eigenvalue weighted by Crippen LogP contribution is 2.50. The summed E-state index contributed by atoms with van der Waals surface area (Å²) in [5.41, 5.74) is -1.25. The van der Waals surface area contributed by atoms with Crippen molar-refractivity contribution >= 4 is 11.7 Å². The lowest BCUT2D eigenvalue weighted by atomic mass is 9.99. The van der Waals surface area contributed by atoms with Gasteiger partial charge in [0.15, 0.2) is 0 Å². The zero-order chi connectivity index (χ0) is 19.0. The van der Waals surface area contributed by atoms with E-state index < -0.39 is 23.5 Å². The van der Waals surface area contributed by atoms with Crippen molar-refractivity contribution in [2.45, 2.75) is 18.0 Å². The van der Waals surface area contributed by atoms with Gasteiger partial charge in [0.2, 0.25) is 0 Å². The van der Waals surface area contributed by atoms with Crippen molar-refractivity contribution in [1.29, 1.82) is 0 Å².